The van der Waals surface area contributed by atoms with Crippen molar-refractivity contribution in [1.29, 1.82) is 0 Å². The van der Waals surface area contributed by atoms with Crippen LogP contribution >= 0.6 is 11.8 Å². The van der Waals surface area contributed by atoms with Gasteiger partial charge in [0, 0.05) is 0 Å². The van der Waals surface area contributed by atoms with Crippen molar-refractivity contribution in [2.45, 2.75) is 18.7 Å². The molecule has 1 heterocycles. The molecule has 0 aliphatic carbocycles. The van der Waals surface area contributed by atoms with Gasteiger partial charge < -0.3 is 10.5 Å². The van der Waals surface area contributed by atoms with E-state index in [4.69, 9.17) is 10.5 Å². The van der Waals surface area contributed by atoms with Gasteiger partial charge in [-0.25, -0.2) is 9.67 Å². The maximum atomic E-state index is 11.0. The Morgan fingerprint density at radius 2 is 2.10 bits per heavy atom. The number of hydrogen-bond acceptors (Lipinski definition) is 5. The van der Waals surface area contributed by atoms with Gasteiger partial charge in [0.1, 0.15) is 11.6 Å². The smallest absolute Gasteiger partial charge is 0.225 e. The van der Waals surface area contributed by atoms with E-state index in [1.165, 1.54) is 0 Å². The van der Waals surface area contributed by atoms with E-state index in [1.807, 2.05) is 35.2 Å². The summed E-state index contributed by atoms with van der Waals surface area (Å²) in [7, 11) is 1.64. The highest BCUT2D eigenvalue weighted by Crippen LogP contribution is 2.14. The lowest BCUT2D eigenvalue weighted by atomic mass is 10.2. The maximum Gasteiger partial charge on any atom is 0.225 e. The van der Waals surface area contributed by atoms with Crippen LogP contribution < -0.4 is 10.5 Å². The molecule has 1 aromatic carbocycles. The third kappa shape index (κ3) is 4.22. The number of methoxy groups -OCH3 is 1. The third-order valence-corrected chi connectivity index (χ3v) is 3.44. The number of aromatic nitrogens is 3. The molecule has 0 saturated carbocycles. The number of primary amides is 1. The van der Waals surface area contributed by atoms with Crippen molar-refractivity contribution in [2.75, 3.05) is 13.4 Å². The standard InChI is InChI=1S/C14H18N4O2S/c1-20-11-5-3-10(4-6-11)8-18-14(9-21-2)16-13(17-18)7-12(15)19/h3-6H,7-9H2,1-2H3,(H2,15,19). The van der Waals surface area contributed by atoms with Crippen molar-refractivity contribution in [3.05, 3.63) is 41.5 Å². The summed E-state index contributed by atoms with van der Waals surface area (Å²) < 4.78 is 6.96. The molecule has 0 radical (unpaired) electrons. The van der Waals surface area contributed by atoms with Gasteiger partial charge in [0.05, 0.1) is 25.8 Å². The summed E-state index contributed by atoms with van der Waals surface area (Å²) in [6.45, 7) is 0.603. The van der Waals surface area contributed by atoms with Crippen LogP contribution in [0.25, 0.3) is 0 Å². The first-order valence-electron chi connectivity index (χ1n) is 6.45. The SMILES string of the molecule is COc1ccc(Cn2nc(CC(N)=O)nc2CSC)cc1. The van der Waals surface area contributed by atoms with Gasteiger partial charge in [0.2, 0.25) is 5.91 Å². The van der Waals surface area contributed by atoms with E-state index in [-0.39, 0.29) is 6.42 Å². The first kappa shape index (κ1) is 15.4. The topological polar surface area (TPSA) is 83.0 Å². The number of amides is 1. The average Bonchev–Trinajstić information content (AvgIpc) is 2.81. The highest BCUT2D eigenvalue weighted by atomic mass is 32.2. The second-order valence-corrected chi connectivity index (χ2v) is 5.39. The number of carbonyl (C=O) groups excluding carboxylic acids is 1. The monoisotopic (exact) mass is 306 g/mol. The molecule has 0 bridgehead atoms. The van der Waals surface area contributed by atoms with Crippen LogP contribution in [0.1, 0.15) is 17.2 Å². The molecule has 0 spiro atoms. The summed E-state index contributed by atoms with van der Waals surface area (Å²) in [6.07, 6.45) is 2.07. The van der Waals surface area contributed by atoms with Crippen LogP contribution in [0, 0.1) is 0 Å². The van der Waals surface area contributed by atoms with E-state index < -0.39 is 5.91 Å². The molecule has 2 rings (SSSR count). The zero-order chi connectivity index (χ0) is 15.2. The summed E-state index contributed by atoms with van der Waals surface area (Å²) in [6, 6.07) is 7.78. The minimum Gasteiger partial charge on any atom is -0.497 e. The summed E-state index contributed by atoms with van der Waals surface area (Å²) in [5, 5.41) is 4.37. The zero-order valence-corrected chi connectivity index (χ0v) is 12.9. The summed E-state index contributed by atoms with van der Waals surface area (Å²) in [5.41, 5.74) is 6.29. The molecule has 0 aliphatic heterocycles. The van der Waals surface area contributed by atoms with Crippen LogP contribution in [-0.2, 0) is 23.5 Å². The zero-order valence-electron chi connectivity index (χ0n) is 12.1. The Kier molecular flexibility index (Phi) is 5.21. The normalized spacial score (nSPS) is 10.6. The highest BCUT2D eigenvalue weighted by Gasteiger charge is 2.12. The van der Waals surface area contributed by atoms with Crippen molar-refractivity contribution >= 4 is 17.7 Å². The molecule has 0 unspecified atom stereocenters. The Bertz CT molecular complexity index is 610. The molecule has 1 amide bonds. The minimum atomic E-state index is -0.424. The van der Waals surface area contributed by atoms with Crippen molar-refractivity contribution in [3.8, 4) is 5.75 Å². The van der Waals surface area contributed by atoms with Gasteiger partial charge in [-0.15, -0.1) is 0 Å². The molecule has 0 atom stereocenters. The Morgan fingerprint density at radius 3 is 2.67 bits per heavy atom. The Hall–Kier alpha value is -2.02. The summed E-state index contributed by atoms with van der Waals surface area (Å²) >= 11 is 1.66. The third-order valence-electron chi connectivity index (χ3n) is 2.89. The fourth-order valence-corrected chi connectivity index (χ4v) is 2.39. The number of ether oxygens (including phenoxy) is 1. The Morgan fingerprint density at radius 1 is 1.38 bits per heavy atom. The molecular weight excluding hydrogens is 288 g/mol. The van der Waals surface area contributed by atoms with E-state index in [0.29, 0.717) is 12.4 Å². The number of thioether (sulfide) groups is 1. The van der Waals surface area contributed by atoms with Gasteiger partial charge in [-0.3, -0.25) is 4.79 Å². The van der Waals surface area contributed by atoms with Crippen LogP contribution in [0.3, 0.4) is 0 Å². The maximum absolute atomic E-state index is 11.0. The van der Waals surface area contributed by atoms with E-state index >= 15 is 0 Å². The molecule has 2 aromatic rings. The van der Waals surface area contributed by atoms with E-state index in [9.17, 15) is 4.79 Å². The predicted octanol–water partition coefficient (Wildman–Crippen LogP) is 1.23. The molecule has 0 saturated heterocycles. The largest absolute Gasteiger partial charge is 0.497 e. The quantitative estimate of drug-likeness (QED) is 0.832. The Labute approximate surface area is 127 Å². The second-order valence-electron chi connectivity index (χ2n) is 4.53. The van der Waals surface area contributed by atoms with Crippen LogP contribution in [0.5, 0.6) is 5.75 Å². The van der Waals surface area contributed by atoms with Crippen LogP contribution in [0.15, 0.2) is 24.3 Å². The molecule has 0 fully saturated rings. The lowest BCUT2D eigenvalue weighted by Crippen LogP contribution is -2.15. The number of nitrogens with two attached hydrogens (primary N) is 1. The molecule has 0 aliphatic rings. The number of nitrogens with zero attached hydrogens (tertiary/aromatic N) is 3. The summed E-state index contributed by atoms with van der Waals surface area (Å²) in [4.78, 5) is 15.4. The average molecular weight is 306 g/mol. The molecule has 6 nitrogen and oxygen atoms in total. The van der Waals surface area contributed by atoms with Gasteiger partial charge in [0.25, 0.3) is 0 Å². The number of benzene rings is 1. The fourth-order valence-electron chi connectivity index (χ4n) is 1.92. The highest BCUT2D eigenvalue weighted by molar-refractivity contribution is 7.97. The minimum absolute atomic E-state index is 0.0665. The van der Waals surface area contributed by atoms with E-state index in [2.05, 4.69) is 10.1 Å². The van der Waals surface area contributed by atoms with Crippen LogP contribution in [0.4, 0.5) is 0 Å². The molecule has 2 N–H and O–H groups in total. The van der Waals surface area contributed by atoms with Crippen LogP contribution in [0.2, 0.25) is 0 Å². The van der Waals surface area contributed by atoms with Gasteiger partial charge in [0.15, 0.2) is 5.82 Å². The first-order valence-corrected chi connectivity index (χ1v) is 7.84. The number of carbonyl (C=O) groups is 1. The van der Waals surface area contributed by atoms with Crippen LogP contribution in [-0.4, -0.2) is 34.0 Å². The van der Waals surface area contributed by atoms with Crippen molar-refractivity contribution in [2.24, 2.45) is 5.73 Å². The van der Waals surface area contributed by atoms with Gasteiger partial charge in [-0.05, 0) is 24.0 Å². The second kappa shape index (κ2) is 7.12. The molecule has 7 heteroatoms. The van der Waals surface area contributed by atoms with E-state index in [0.717, 1.165) is 22.9 Å². The Balaban J connectivity index is 2.19. The summed E-state index contributed by atoms with van der Waals surface area (Å²) in [5.74, 6) is 2.44. The van der Waals surface area contributed by atoms with Gasteiger partial charge in [-0.2, -0.15) is 16.9 Å². The molecular formula is C14H18N4O2S. The molecule has 1 aromatic heterocycles. The van der Waals surface area contributed by atoms with Gasteiger partial charge in [-0.1, -0.05) is 12.1 Å². The van der Waals surface area contributed by atoms with Crippen molar-refractivity contribution < 1.29 is 9.53 Å². The lowest BCUT2D eigenvalue weighted by molar-refractivity contribution is -0.117. The predicted molar refractivity (Wildman–Crippen MR) is 82.2 cm³/mol. The first-order chi connectivity index (χ1) is 10.1. The van der Waals surface area contributed by atoms with Crippen molar-refractivity contribution in [3.63, 3.8) is 0 Å². The molecule has 21 heavy (non-hydrogen) atoms. The lowest BCUT2D eigenvalue weighted by Gasteiger charge is -2.06. The number of hydrogen-bond donors (Lipinski definition) is 1. The van der Waals surface area contributed by atoms with Crippen molar-refractivity contribution in [1.82, 2.24) is 14.8 Å². The molecule has 112 valence electrons. The van der Waals surface area contributed by atoms with Gasteiger partial charge >= 0.3 is 0 Å². The number of rotatable bonds is 7. The fraction of sp³-hybridized carbons (Fsp3) is 0.357. The van der Waals surface area contributed by atoms with E-state index in [1.54, 1.807) is 18.9 Å².